The SMILES string of the molecule is CCCCC1(CC[C@@H](NC(=O)NC)C(=O)N[C@@H](Cc2cc(F)cc(F)c2)C(O)CNCc2cccc(CC)c2)CCCO1. The minimum atomic E-state index is -1.08. The maximum Gasteiger partial charge on any atom is 0.315 e. The van der Waals surface area contributed by atoms with Crippen LogP contribution >= 0.6 is 0 Å². The highest BCUT2D eigenvalue weighted by Crippen LogP contribution is 2.35. The molecule has 1 heterocycles. The second-order valence-corrected chi connectivity index (χ2v) is 11.5. The molecule has 0 aliphatic carbocycles. The van der Waals surface area contributed by atoms with E-state index >= 15 is 0 Å². The number of carbonyl (C=O) groups excluding carboxylic acids is 2. The number of amides is 3. The molecule has 1 aliphatic heterocycles. The predicted molar refractivity (Wildman–Crippen MR) is 164 cm³/mol. The van der Waals surface area contributed by atoms with Crippen molar-refractivity contribution in [1.29, 1.82) is 0 Å². The van der Waals surface area contributed by atoms with Crippen LogP contribution in [0.25, 0.3) is 0 Å². The number of carbonyl (C=O) groups is 2. The van der Waals surface area contributed by atoms with Gasteiger partial charge in [-0.15, -0.1) is 0 Å². The Bertz CT molecular complexity index is 1160. The van der Waals surface area contributed by atoms with E-state index in [1.165, 1.54) is 24.7 Å². The topological polar surface area (TPSA) is 112 Å². The van der Waals surface area contributed by atoms with Crippen LogP contribution in [0, 0.1) is 11.6 Å². The first-order chi connectivity index (χ1) is 20.7. The lowest BCUT2D eigenvalue weighted by Gasteiger charge is -2.31. The summed E-state index contributed by atoms with van der Waals surface area (Å²) in [6.07, 6.45) is 5.53. The summed E-state index contributed by atoms with van der Waals surface area (Å²) in [5.41, 5.74) is 2.23. The number of halogens is 2. The van der Waals surface area contributed by atoms with E-state index in [9.17, 15) is 23.5 Å². The summed E-state index contributed by atoms with van der Waals surface area (Å²) in [4.78, 5) is 26.0. The molecule has 10 heteroatoms. The molecule has 2 aromatic carbocycles. The van der Waals surface area contributed by atoms with Crippen LogP contribution in [-0.4, -0.2) is 61.0 Å². The van der Waals surface area contributed by atoms with E-state index in [0.29, 0.717) is 31.6 Å². The molecule has 1 fully saturated rings. The zero-order chi connectivity index (χ0) is 31.2. The van der Waals surface area contributed by atoms with Crippen molar-refractivity contribution in [2.24, 2.45) is 0 Å². The molecule has 238 valence electrons. The van der Waals surface area contributed by atoms with E-state index in [4.69, 9.17) is 4.74 Å². The van der Waals surface area contributed by atoms with Crippen LogP contribution in [0.3, 0.4) is 0 Å². The van der Waals surface area contributed by atoms with E-state index in [-0.39, 0.29) is 18.6 Å². The van der Waals surface area contributed by atoms with Gasteiger partial charge in [-0.3, -0.25) is 4.79 Å². The third-order valence-electron chi connectivity index (χ3n) is 8.16. The monoisotopic (exact) mass is 602 g/mol. The summed E-state index contributed by atoms with van der Waals surface area (Å²) < 4.78 is 34.2. The number of benzene rings is 2. The van der Waals surface area contributed by atoms with Gasteiger partial charge in [0, 0.05) is 32.8 Å². The van der Waals surface area contributed by atoms with Gasteiger partial charge >= 0.3 is 6.03 Å². The summed E-state index contributed by atoms with van der Waals surface area (Å²) in [5.74, 6) is -1.96. The van der Waals surface area contributed by atoms with E-state index < -0.39 is 41.8 Å². The predicted octanol–water partition coefficient (Wildman–Crippen LogP) is 4.52. The van der Waals surface area contributed by atoms with Crippen molar-refractivity contribution >= 4 is 11.9 Å². The molecule has 5 N–H and O–H groups in total. The minimum Gasteiger partial charge on any atom is -0.390 e. The third kappa shape index (κ3) is 11.2. The van der Waals surface area contributed by atoms with E-state index in [1.807, 2.05) is 12.1 Å². The van der Waals surface area contributed by atoms with Crippen LogP contribution in [0.2, 0.25) is 0 Å². The van der Waals surface area contributed by atoms with Gasteiger partial charge in [-0.2, -0.15) is 0 Å². The molecule has 2 aromatic rings. The molecule has 1 aliphatic rings. The molecule has 1 saturated heterocycles. The standard InChI is InChI=1S/C33H48F2N4O4/c1-4-6-12-33(13-8-15-43-33)14-11-28(39-32(42)36-3)31(41)38-29(19-25-17-26(34)20-27(35)18-25)30(40)22-37-21-24-10-7-9-23(5-2)16-24/h7,9-10,16-18,20,28-30,37,40H,4-6,8,11-15,19,21-22H2,1-3H3,(H,38,41)(H2,36,39,42)/t28-,29+,30?,33?/m1/s1. The normalized spacial score (nSPS) is 18.6. The van der Waals surface area contributed by atoms with Crippen molar-refractivity contribution in [3.63, 3.8) is 0 Å². The zero-order valence-corrected chi connectivity index (χ0v) is 25.7. The maximum atomic E-state index is 14.0. The largest absolute Gasteiger partial charge is 0.390 e. The number of nitrogens with one attached hydrogen (secondary N) is 4. The van der Waals surface area contributed by atoms with Crippen LogP contribution in [0.5, 0.6) is 0 Å². The molecular weight excluding hydrogens is 554 g/mol. The molecule has 0 spiro atoms. The first-order valence-corrected chi connectivity index (χ1v) is 15.5. The molecule has 0 radical (unpaired) electrons. The van der Waals surface area contributed by atoms with Crippen LogP contribution in [-0.2, 0) is 28.9 Å². The van der Waals surface area contributed by atoms with Gasteiger partial charge in [0.05, 0.1) is 17.7 Å². The third-order valence-corrected chi connectivity index (χ3v) is 8.16. The number of hydrogen-bond acceptors (Lipinski definition) is 5. The van der Waals surface area contributed by atoms with Crippen LogP contribution in [0.15, 0.2) is 42.5 Å². The fourth-order valence-electron chi connectivity index (χ4n) is 5.70. The first kappa shape index (κ1) is 34.4. The van der Waals surface area contributed by atoms with E-state index in [2.05, 4.69) is 47.2 Å². The van der Waals surface area contributed by atoms with Crippen LogP contribution < -0.4 is 21.3 Å². The maximum absolute atomic E-state index is 14.0. The summed E-state index contributed by atoms with van der Waals surface area (Å²) in [6.45, 7) is 5.51. The Kier molecular flexibility index (Phi) is 13.8. The Morgan fingerprint density at radius 1 is 1.02 bits per heavy atom. The molecular formula is C33H48F2N4O4. The number of aryl methyl sites for hydroxylation is 1. The van der Waals surface area contributed by atoms with E-state index in [0.717, 1.165) is 50.2 Å². The number of urea groups is 1. The summed E-state index contributed by atoms with van der Waals surface area (Å²) in [7, 11) is 1.47. The minimum absolute atomic E-state index is 0.00910. The van der Waals surface area contributed by atoms with E-state index in [1.54, 1.807) is 0 Å². The van der Waals surface area contributed by atoms with Gasteiger partial charge in [0.1, 0.15) is 17.7 Å². The number of rotatable bonds is 17. The second kappa shape index (κ2) is 17.3. The Hall–Kier alpha value is -3.08. The molecule has 4 atom stereocenters. The lowest BCUT2D eigenvalue weighted by molar-refractivity contribution is -0.125. The Morgan fingerprint density at radius 2 is 1.77 bits per heavy atom. The van der Waals surface area contributed by atoms with Gasteiger partial charge in [-0.25, -0.2) is 13.6 Å². The van der Waals surface area contributed by atoms with Gasteiger partial charge in [-0.05, 0) is 73.8 Å². The molecule has 0 bridgehead atoms. The Labute approximate surface area is 254 Å². The lowest BCUT2D eigenvalue weighted by atomic mass is 9.87. The number of aliphatic hydroxyl groups excluding tert-OH is 1. The quantitative estimate of drug-likeness (QED) is 0.183. The highest BCUT2D eigenvalue weighted by atomic mass is 19.1. The lowest BCUT2D eigenvalue weighted by Crippen LogP contribution is -2.56. The smallest absolute Gasteiger partial charge is 0.315 e. The second-order valence-electron chi connectivity index (χ2n) is 11.5. The molecule has 43 heavy (non-hydrogen) atoms. The number of hydrogen-bond donors (Lipinski definition) is 5. The molecule has 2 unspecified atom stereocenters. The number of unbranched alkanes of at least 4 members (excludes halogenated alkanes) is 1. The molecule has 8 nitrogen and oxygen atoms in total. The Balaban J connectivity index is 1.74. The van der Waals surface area contributed by atoms with Crippen molar-refractivity contribution in [2.45, 2.75) is 102 Å². The van der Waals surface area contributed by atoms with Crippen molar-refractivity contribution < 1.29 is 28.2 Å². The highest BCUT2D eigenvalue weighted by Gasteiger charge is 2.36. The molecule has 3 amide bonds. The summed E-state index contributed by atoms with van der Waals surface area (Å²) in [6, 6.07) is 8.99. The first-order valence-electron chi connectivity index (χ1n) is 15.5. The van der Waals surface area contributed by atoms with Crippen LogP contribution in [0.1, 0.15) is 75.5 Å². The van der Waals surface area contributed by atoms with Crippen molar-refractivity contribution in [3.8, 4) is 0 Å². The average Bonchev–Trinajstić information content (AvgIpc) is 3.46. The fraction of sp³-hybridized carbons (Fsp3) is 0.576. The van der Waals surface area contributed by atoms with Crippen molar-refractivity contribution in [3.05, 3.63) is 70.8 Å². The van der Waals surface area contributed by atoms with Crippen molar-refractivity contribution in [2.75, 3.05) is 20.2 Å². The molecule has 3 rings (SSSR count). The van der Waals surface area contributed by atoms with Crippen LogP contribution in [0.4, 0.5) is 13.6 Å². The van der Waals surface area contributed by atoms with Crippen molar-refractivity contribution in [1.82, 2.24) is 21.3 Å². The van der Waals surface area contributed by atoms with Gasteiger partial charge in [0.2, 0.25) is 5.91 Å². The van der Waals surface area contributed by atoms with Gasteiger partial charge in [0.25, 0.3) is 0 Å². The van der Waals surface area contributed by atoms with Gasteiger partial charge < -0.3 is 31.1 Å². The highest BCUT2D eigenvalue weighted by molar-refractivity contribution is 5.87. The fourth-order valence-corrected chi connectivity index (χ4v) is 5.70. The summed E-state index contributed by atoms with van der Waals surface area (Å²) in [5, 5.41) is 22.5. The summed E-state index contributed by atoms with van der Waals surface area (Å²) >= 11 is 0. The van der Waals surface area contributed by atoms with Gasteiger partial charge in [0.15, 0.2) is 0 Å². The molecule has 0 aromatic heterocycles. The Morgan fingerprint density at radius 3 is 2.42 bits per heavy atom. The zero-order valence-electron chi connectivity index (χ0n) is 25.7. The number of ether oxygens (including phenoxy) is 1. The molecule has 0 saturated carbocycles. The number of aliphatic hydroxyl groups is 1. The average molecular weight is 603 g/mol. The van der Waals surface area contributed by atoms with Gasteiger partial charge in [-0.1, -0.05) is 51.0 Å².